The van der Waals surface area contributed by atoms with Gasteiger partial charge in [0.05, 0.1) is 0 Å². The Morgan fingerprint density at radius 1 is 1.00 bits per heavy atom. The molecular formula is C4H3F8O2P. The third-order valence-corrected chi connectivity index (χ3v) is 1.74. The van der Waals surface area contributed by atoms with Gasteiger partial charge in [0.15, 0.2) is 0 Å². The van der Waals surface area contributed by atoms with Crippen molar-refractivity contribution >= 4 is 7.99 Å². The van der Waals surface area contributed by atoms with Crippen LogP contribution in [-0.4, -0.2) is 18.0 Å². The quantitative estimate of drug-likeness (QED) is 0.571. The Morgan fingerprint density at radius 2 is 1.33 bits per heavy atom. The van der Waals surface area contributed by atoms with Crippen molar-refractivity contribution in [3.8, 4) is 0 Å². The van der Waals surface area contributed by atoms with E-state index in [0.29, 0.717) is 0 Å². The molecule has 0 spiro atoms. The van der Waals surface area contributed by atoms with Crippen molar-refractivity contribution in [2.24, 2.45) is 0 Å². The highest BCUT2D eigenvalue weighted by Gasteiger charge is 2.71. The summed E-state index contributed by atoms with van der Waals surface area (Å²) in [5.41, 5.74) is -5.37. The first-order chi connectivity index (χ1) is 6.21. The van der Waals surface area contributed by atoms with Crippen molar-refractivity contribution in [1.29, 1.82) is 0 Å². The van der Waals surface area contributed by atoms with Crippen molar-refractivity contribution in [3.05, 3.63) is 0 Å². The smallest absolute Gasteiger partial charge is 0.224 e. The molecule has 0 aromatic carbocycles. The molecule has 0 aromatic heterocycles. The lowest BCUT2D eigenvalue weighted by Crippen LogP contribution is -2.53. The summed E-state index contributed by atoms with van der Waals surface area (Å²) in [7, 11) is -6.94. The van der Waals surface area contributed by atoms with Crippen molar-refractivity contribution in [3.63, 3.8) is 0 Å². The molecule has 0 aliphatic rings. The normalized spacial score (nSPS) is 18.7. The molecule has 0 aliphatic heterocycles. The lowest BCUT2D eigenvalue weighted by atomic mass is 10.1. The summed E-state index contributed by atoms with van der Waals surface area (Å²) < 4.78 is 106. The van der Waals surface area contributed by atoms with Crippen LogP contribution in [0.15, 0.2) is 0 Å². The van der Waals surface area contributed by atoms with Gasteiger partial charge in [0, 0.05) is 0 Å². The van der Waals surface area contributed by atoms with E-state index in [2.05, 4.69) is 0 Å². The van der Waals surface area contributed by atoms with Gasteiger partial charge in [-0.25, -0.2) is 13.5 Å². The number of alkyl halides is 6. The van der Waals surface area contributed by atoms with Crippen LogP contribution in [0.4, 0.5) is 34.7 Å². The first-order valence-corrected chi connectivity index (χ1v) is 4.45. The maximum Gasteiger partial charge on any atom is 0.556 e. The summed E-state index contributed by atoms with van der Waals surface area (Å²) in [6.45, 7) is -0.706. The average Bonchev–Trinajstić information content (AvgIpc) is 1.77. The van der Waals surface area contributed by atoms with E-state index >= 15 is 0 Å². The van der Waals surface area contributed by atoms with E-state index in [0.717, 1.165) is 0 Å². The van der Waals surface area contributed by atoms with E-state index in [9.17, 15) is 39.3 Å². The Morgan fingerprint density at radius 3 is 1.53 bits per heavy atom. The van der Waals surface area contributed by atoms with E-state index in [4.69, 9.17) is 0 Å². The minimum Gasteiger partial charge on any atom is -0.224 e. The fourth-order valence-corrected chi connectivity index (χ4v) is 0.823. The second-order valence-corrected chi connectivity index (χ2v) is 3.53. The zero-order valence-corrected chi connectivity index (χ0v) is 7.68. The highest BCUT2D eigenvalue weighted by molar-refractivity contribution is 7.47. The lowest BCUT2D eigenvalue weighted by Gasteiger charge is -2.30. The zero-order chi connectivity index (χ0) is 12.7. The van der Waals surface area contributed by atoms with Crippen molar-refractivity contribution in [1.82, 2.24) is 0 Å². The molecule has 0 amide bonds. The fraction of sp³-hybridized carbons (Fsp3) is 1.00. The van der Waals surface area contributed by atoms with Crippen molar-refractivity contribution < 1.29 is 43.8 Å². The first kappa shape index (κ1) is 14.6. The molecule has 0 N–H and O–H groups in total. The second kappa shape index (κ2) is 3.58. The van der Waals surface area contributed by atoms with Gasteiger partial charge in [-0.1, -0.05) is 0 Å². The minimum absolute atomic E-state index is 0.706. The van der Waals surface area contributed by atoms with Crippen LogP contribution in [0.3, 0.4) is 0 Å². The molecule has 0 heterocycles. The topological polar surface area (TPSA) is 26.3 Å². The molecule has 0 rings (SSSR count). The standard InChI is InChI=1S/C4H3F8O2P/c1-2(5,3(6,7)8)4(9,10)14-15(11,12)13/h1H3. The monoisotopic (exact) mass is 266 g/mol. The molecule has 92 valence electrons. The summed E-state index contributed by atoms with van der Waals surface area (Å²) >= 11 is 0. The number of hydrogen-bond donors (Lipinski definition) is 0. The maximum absolute atomic E-state index is 12.5. The molecule has 0 fully saturated rings. The third kappa shape index (κ3) is 3.30. The van der Waals surface area contributed by atoms with E-state index < -0.39 is 32.9 Å². The van der Waals surface area contributed by atoms with Crippen LogP contribution in [0.2, 0.25) is 0 Å². The molecule has 0 saturated carbocycles. The Kier molecular flexibility index (Phi) is 3.50. The van der Waals surface area contributed by atoms with Gasteiger partial charge in [0.1, 0.15) is 0 Å². The SMILES string of the molecule is CC(F)(C(F)(F)F)C(F)(F)OP(=O)(F)F. The summed E-state index contributed by atoms with van der Waals surface area (Å²) in [5, 5.41) is 0. The van der Waals surface area contributed by atoms with Crippen LogP contribution in [-0.2, 0) is 9.09 Å². The molecule has 1 atom stereocenters. The van der Waals surface area contributed by atoms with Gasteiger partial charge in [-0.05, 0) is 6.92 Å². The Balaban J connectivity index is 5.12. The summed E-state index contributed by atoms with van der Waals surface area (Å²) in [6.07, 6.45) is -12.1. The lowest BCUT2D eigenvalue weighted by molar-refractivity contribution is -0.353. The fourth-order valence-electron chi connectivity index (χ4n) is 0.384. The largest absolute Gasteiger partial charge is 0.556 e. The molecule has 2 nitrogen and oxygen atoms in total. The van der Waals surface area contributed by atoms with E-state index in [1.165, 1.54) is 0 Å². The summed E-state index contributed by atoms with van der Waals surface area (Å²) in [6, 6.07) is 0. The highest BCUT2D eigenvalue weighted by atomic mass is 31.2. The van der Waals surface area contributed by atoms with E-state index in [-0.39, 0.29) is 0 Å². The van der Waals surface area contributed by atoms with Gasteiger partial charge in [0.2, 0.25) is 0 Å². The maximum atomic E-state index is 12.5. The Labute approximate surface area is 77.9 Å². The van der Waals surface area contributed by atoms with Gasteiger partial charge < -0.3 is 0 Å². The molecule has 0 bridgehead atoms. The van der Waals surface area contributed by atoms with Gasteiger partial charge in [-0.2, -0.15) is 22.0 Å². The number of hydrogen-bond acceptors (Lipinski definition) is 2. The van der Waals surface area contributed by atoms with Gasteiger partial charge in [-0.15, -0.1) is 8.39 Å². The summed E-state index contributed by atoms with van der Waals surface area (Å²) in [4.78, 5) is 0. The van der Waals surface area contributed by atoms with Crippen LogP contribution in [0.1, 0.15) is 6.92 Å². The van der Waals surface area contributed by atoms with Crippen LogP contribution in [0.5, 0.6) is 0 Å². The summed E-state index contributed by atoms with van der Waals surface area (Å²) in [5.74, 6) is 0. The minimum atomic E-state index is -6.94. The third-order valence-electron chi connectivity index (χ3n) is 1.30. The molecule has 0 aliphatic carbocycles. The molecular weight excluding hydrogens is 263 g/mol. The highest BCUT2D eigenvalue weighted by Crippen LogP contribution is 2.58. The van der Waals surface area contributed by atoms with Crippen LogP contribution in [0.25, 0.3) is 0 Å². The zero-order valence-electron chi connectivity index (χ0n) is 6.79. The van der Waals surface area contributed by atoms with E-state index in [1.807, 2.05) is 4.52 Å². The average molecular weight is 266 g/mol. The molecule has 11 heteroatoms. The number of halogens is 8. The number of rotatable bonds is 3. The van der Waals surface area contributed by atoms with Gasteiger partial charge in [-0.3, -0.25) is 0 Å². The predicted octanol–water partition coefficient (Wildman–Crippen LogP) is 3.93. The predicted molar refractivity (Wildman–Crippen MR) is 31.4 cm³/mol. The van der Waals surface area contributed by atoms with Crippen LogP contribution in [0, 0.1) is 0 Å². The van der Waals surface area contributed by atoms with Gasteiger partial charge >= 0.3 is 20.3 Å². The molecule has 1 unspecified atom stereocenters. The first-order valence-electron chi connectivity index (χ1n) is 3.04. The molecule has 15 heavy (non-hydrogen) atoms. The molecule has 0 saturated heterocycles. The molecule has 0 aromatic rings. The van der Waals surface area contributed by atoms with Crippen molar-refractivity contribution in [2.45, 2.75) is 24.9 Å². The Bertz CT molecular complexity index is 277. The second-order valence-electron chi connectivity index (χ2n) is 2.52. The van der Waals surface area contributed by atoms with Crippen LogP contribution < -0.4 is 0 Å². The van der Waals surface area contributed by atoms with Crippen LogP contribution >= 0.6 is 7.99 Å². The Hall–Kier alpha value is -0.370. The van der Waals surface area contributed by atoms with Gasteiger partial charge in [0.25, 0.3) is 5.67 Å². The van der Waals surface area contributed by atoms with E-state index in [1.54, 1.807) is 0 Å². The van der Waals surface area contributed by atoms with Crippen molar-refractivity contribution in [2.75, 3.05) is 0 Å². The molecule has 0 radical (unpaired) electrons.